The Kier molecular flexibility index (Phi) is 5.77. The van der Waals surface area contributed by atoms with E-state index in [1.165, 1.54) is 6.33 Å². The van der Waals surface area contributed by atoms with Gasteiger partial charge in [0.1, 0.15) is 18.7 Å². The van der Waals surface area contributed by atoms with Crippen LogP contribution in [0.15, 0.2) is 61.2 Å². The van der Waals surface area contributed by atoms with Crippen molar-refractivity contribution in [1.29, 1.82) is 5.26 Å². The minimum absolute atomic E-state index is 0.174. The normalized spacial score (nSPS) is 15.6. The Morgan fingerprint density at radius 2 is 1.93 bits per heavy atom. The average Bonchev–Trinajstić information content (AvgIpc) is 3.46. The lowest BCUT2D eigenvalue weighted by Crippen LogP contribution is -2.44. The molecule has 0 aliphatic carbocycles. The molecule has 1 saturated heterocycles. The van der Waals surface area contributed by atoms with Crippen LogP contribution in [0, 0.1) is 11.3 Å². The number of amides is 2. The monoisotopic (exact) mass is 418 g/mol. The Morgan fingerprint density at radius 3 is 2.60 bits per heavy atom. The van der Waals surface area contributed by atoms with Crippen LogP contribution in [0.2, 0.25) is 0 Å². The third-order valence-electron chi connectivity index (χ3n) is 4.74. The van der Waals surface area contributed by atoms with Crippen LogP contribution in [0.4, 0.5) is 5.69 Å². The van der Waals surface area contributed by atoms with Gasteiger partial charge in [-0.2, -0.15) is 10.4 Å². The number of nitrogens with one attached hydrogen (secondary N) is 1. The van der Waals surface area contributed by atoms with Gasteiger partial charge in [-0.25, -0.2) is 9.67 Å². The van der Waals surface area contributed by atoms with Crippen LogP contribution < -0.4 is 5.32 Å². The molecule has 0 radical (unpaired) electrons. The summed E-state index contributed by atoms with van der Waals surface area (Å²) >= 11 is 1.55. The Bertz CT molecular complexity index is 1070. The fourth-order valence-electron chi connectivity index (χ4n) is 3.13. The maximum Gasteiger partial charge on any atom is 0.255 e. The van der Waals surface area contributed by atoms with Crippen molar-refractivity contribution in [2.45, 2.75) is 12.6 Å². The van der Waals surface area contributed by atoms with Gasteiger partial charge in [-0.3, -0.25) is 9.59 Å². The summed E-state index contributed by atoms with van der Waals surface area (Å²) in [6, 6.07) is 15.4. The van der Waals surface area contributed by atoms with E-state index >= 15 is 0 Å². The number of aromatic nitrogens is 3. The first-order valence-corrected chi connectivity index (χ1v) is 10.4. The minimum atomic E-state index is -0.548. The SMILES string of the molecule is N#Cc1ccc(NC(=O)C2CSCN2C(=O)c2ccc(Cn3cncn3)cc2)cc1. The fourth-order valence-corrected chi connectivity index (χ4v) is 4.29. The molecule has 3 aromatic rings. The molecule has 1 aromatic heterocycles. The van der Waals surface area contributed by atoms with Crippen LogP contribution in [-0.2, 0) is 11.3 Å². The summed E-state index contributed by atoms with van der Waals surface area (Å²) in [4.78, 5) is 31.3. The Labute approximate surface area is 177 Å². The average molecular weight is 418 g/mol. The minimum Gasteiger partial charge on any atom is -0.324 e. The molecule has 2 amide bonds. The molecular weight excluding hydrogens is 400 g/mol. The van der Waals surface area contributed by atoms with Crippen molar-refractivity contribution in [3.05, 3.63) is 77.9 Å². The number of nitrogens with zero attached hydrogens (tertiary/aromatic N) is 5. The second kappa shape index (κ2) is 8.80. The second-order valence-electron chi connectivity index (χ2n) is 6.76. The molecule has 0 bridgehead atoms. The molecule has 2 aromatic carbocycles. The van der Waals surface area contributed by atoms with E-state index in [1.54, 1.807) is 64.1 Å². The molecule has 8 nitrogen and oxygen atoms in total. The highest BCUT2D eigenvalue weighted by atomic mass is 32.2. The molecule has 30 heavy (non-hydrogen) atoms. The third kappa shape index (κ3) is 4.34. The molecule has 1 unspecified atom stereocenters. The number of nitriles is 1. The Morgan fingerprint density at radius 1 is 1.17 bits per heavy atom. The van der Waals surface area contributed by atoms with E-state index in [2.05, 4.69) is 15.4 Å². The molecule has 1 N–H and O–H groups in total. The number of hydrogen-bond donors (Lipinski definition) is 1. The standard InChI is InChI=1S/C21H18N6O2S/c22-9-15-3-7-18(8-4-15)25-20(28)19-11-30-14-27(19)21(29)17-5-1-16(2-6-17)10-26-13-23-12-24-26/h1-8,12-13,19H,10-11,14H2,(H,25,28). The van der Waals surface area contributed by atoms with Crippen LogP contribution in [0.25, 0.3) is 0 Å². The van der Waals surface area contributed by atoms with Gasteiger partial charge in [-0.05, 0) is 42.0 Å². The molecule has 1 fully saturated rings. The molecule has 9 heteroatoms. The van der Waals surface area contributed by atoms with E-state index in [4.69, 9.17) is 5.26 Å². The maximum absolute atomic E-state index is 13.0. The van der Waals surface area contributed by atoms with Gasteiger partial charge in [0.15, 0.2) is 0 Å². The van der Waals surface area contributed by atoms with Gasteiger partial charge in [0.2, 0.25) is 5.91 Å². The van der Waals surface area contributed by atoms with Crippen molar-refractivity contribution in [2.75, 3.05) is 16.9 Å². The largest absolute Gasteiger partial charge is 0.324 e. The van der Waals surface area contributed by atoms with E-state index in [9.17, 15) is 9.59 Å². The van der Waals surface area contributed by atoms with Crippen LogP contribution in [-0.4, -0.2) is 49.2 Å². The third-order valence-corrected chi connectivity index (χ3v) is 5.75. The first-order valence-electron chi connectivity index (χ1n) is 9.25. The van der Waals surface area contributed by atoms with Gasteiger partial charge in [0.05, 0.1) is 24.1 Å². The quantitative estimate of drug-likeness (QED) is 0.682. The predicted molar refractivity (Wildman–Crippen MR) is 113 cm³/mol. The summed E-state index contributed by atoms with van der Waals surface area (Å²) in [5.41, 5.74) is 2.66. The highest BCUT2D eigenvalue weighted by molar-refractivity contribution is 7.99. The molecule has 1 aliphatic rings. The second-order valence-corrected chi connectivity index (χ2v) is 7.76. The summed E-state index contributed by atoms with van der Waals surface area (Å²) in [7, 11) is 0. The van der Waals surface area contributed by atoms with Gasteiger partial charge < -0.3 is 10.2 Å². The highest BCUT2D eigenvalue weighted by Crippen LogP contribution is 2.24. The summed E-state index contributed by atoms with van der Waals surface area (Å²) in [5, 5.41) is 15.8. The molecule has 4 rings (SSSR count). The topological polar surface area (TPSA) is 104 Å². The van der Waals surface area contributed by atoms with Crippen LogP contribution in [0.5, 0.6) is 0 Å². The van der Waals surface area contributed by atoms with E-state index in [-0.39, 0.29) is 11.8 Å². The van der Waals surface area contributed by atoms with Gasteiger partial charge >= 0.3 is 0 Å². The van der Waals surface area contributed by atoms with Gasteiger partial charge in [-0.15, -0.1) is 11.8 Å². The van der Waals surface area contributed by atoms with E-state index in [0.29, 0.717) is 35.0 Å². The molecule has 0 saturated carbocycles. The van der Waals surface area contributed by atoms with Gasteiger partial charge in [-0.1, -0.05) is 12.1 Å². The summed E-state index contributed by atoms with van der Waals surface area (Å²) < 4.78 is 1.71. The molecule has 150 valence electrons. The number of thioether (sulfide) groups is 1. The molecule has 1 atom stereocenters. The van der Waals surface area contributed by atoms with Crippen molar-refractivity contribution in [3.8, 4) is 6.07 Å². The maximum atomic E-state index is 13.0. The predicted octanol–water partition coefficient (Wildman–Crippen LogP) is 2.35. The Balaban J connectivity index is 1.42. The zero-order chi connectivity index (χ0) is 20.9. The van der Waals surface area contributed by atoms with E-state index in [1.807, 2.05) is 18.2 Å². The number of hydrogen-bond acceptors (Lipinski definition) is 6. The van der Waals surface area contributed by atoms with Crippen LogP contribution in [0.1, 0.15) is 21.5 Å². The van der Waals surface area contributed by atoms with Crippen molar-refractivity contribution in [3.63, 3.8) is 0 Å². The number of anilines is 1. The first kappa shape index (κ1) is 19.7. The van der Waals surface area contributed by atoms with E-state index in [0.717, 1.165) is 5.56 Å². The van der Waals surface area contributed by atoms with Crippen LogP contribution in [0.3, 0.4) is 0 Å². The molecule has 2 heterocycles. The zero-order valence-electron chi connectivity index (χ0n) is 15.9. The summed E-state index contributed by atoms with van der Waals surface area (Å²) in [5.74, 6) is 0.594. The van der Waals surface area contributed by atoms with E-state index < -0.39 is 6.04 Å². The fraction of sp³-hybridized carbons (Fsp3) is 0.190. The number of benzene rings is 2. The summed E-state index contributed by atoms with van der Waals surface area (Å²) in [6.07, 6.45) is 3.11. The van der Waals surface area contributed by atoms with Gasteiger partial charge in [0, 0.05) is 17.0 Å². The number of rotatable bonds is 5. The highest BCUT2D eigenvalue weighted by Gasteiger charge is 2.35. The van der Waals surface area contributed by atoms with Crippen molar-refractivity contribution < 1.29 is 9.59 Å². The molecule has 0 spiro atoms. The lowest BCUT2D eigenvalue weighted by molar-refractivity contribution is -0.119. The molecular formula is C21H18N6O2S. The zero-order valence-corrected chi connectivity index (χ0v) is 16.7. The molecule has 1 aliphatic heterocycles. The number of carbonyl (C=O) groups is 2. The lowest BCUT2D eigenvalue weighted by atomic mass is 10.1. The van der Waals surface area contributed by atoms with Gasteiger partial charge in [0.25, 0.3) is 5.91 Å². The van der Waals surface area contributed by atoms with Crippen LogP contribution >= 0.6 is 11.8 Å². The van der Waals surface area contributed by atoms with Crippen molar-refractivity contribution >= 4 is 29.3 Å². The Hall–Kier alpha value is -3.64. The smallest absolute Gasteiger partial charge is 0.255 e. The lowest BCUT2D eigenvalue weighted by Gasteiger charge is -2.23. The van der Waals surface area contributed by atoms with Crippen molar-refractivity contribution in [1.82, 2.24) is 19.7 Å². The van der Waals surface area contributed by atoms with Crippen molar-refractivity contribution in [2.24, 2.45) is 0 Å². The first-order chi connectivity index (χ1) is 14.6. The number of carbonyl (C=O) groups excluding carboxylic acids is 2. The summed E-state index contributed by atoms with van der Waals surface area (Å²) in [6.45, 7) is 0.573.